The molecule has 0 saturated heterocycles. The van der Waals surface area contributed by atoms with E-state index in [1.54, 1.807) is 13.8 Å². The summed E-state index contributed by atoms with van der Waals surface area (Å²) in [5.74, 6) is -1.84. The molecule has 2 N–H and O–H groups in total. The largest absolute Gasteiger partial charge is 0.469 e. The first kappa shape index (κ1) is 25.8. The Morgan fingerprint density at radius 2 is 1.73 bits per heavy atom. The van der Waals surface area contributed by atoms with Gasteiger partial charge in [0.2, 0.25) is 5.91 Å². The number of hydrogen-bond donors (Lipinski definition) is 2. The highest BCUT2D eigenvalue weighted by molar-refractivity contribution is 7.56. The summed E-state index contributed by atoms with van der Waals surface area (Å²) in [4.78, 5) is 35.7. The fourth-order valence-corrected chi connectivity index (χ4v) is 4.11. The minimum absolute atomic E-state index is 0.0133. The lowest BCUT2D eigenvalue weighted by molar-refractivity contribution is -0.146. The van der Waals surface area contributed by atoms with E-state index in [9.17, 15) is 18.9 Å². The summed E-state index contributed by atoms with van der Waals surface area (Å²) in [6.07, 6.45) is -1.02. The van der Waals surface area contributed by atoms with Crippen molar-refractivity contribution in [1.82, 2.24) is 10.4 Å². The van der Waals surface area contributed by atoms with Crippen LogP contribution in [0.25, 0.3) is 0 Å². The number of amides is 1. The topological polar surface area (TPSA) is 120 Å². The molecule has 0 aromatic heterocycles. The molecule has 0 aliphatic rings. The summed E-state index contributed by atoms with van der Waals surface area (Å²) < 4.78 is 28.1. The number of carbonyl (C=O) groups is 3. The van der Waals surface area contributed by atoms with Crippen molar-refractivity contribution >= 4 is 25.4 Å². The van der Waals surface area contributed by atoms with Gasteiger partial charge in [0.15, 0.2) is 0 Å². The summed E-state index contributed by atoms with van der Waals surface area (Å²) in [6, 6.07) is 8.27. The van der Waals surface area contributed by atoms with E-state index in [0.29, 0.717) is 0 Å². The van der Waals surface area contributed by atoms with Crippen LogP contribution in [0.1, 0.15) is 32.8 Å². The van der Waals surface area contributed by atoms with Gasteiger partial charge in [-0.1, -0.05) is 44.2 Å². The molecule has 1 aromatic carbocycles. The second-order valence-corrected chi connectivity index (χ2v) is 9.34. The van der Waals surface area contributed by atoms with E-state index in [1.165, 1.54) is 20.7 Å². The molecule has 0 radical (unpaired) electrons. The van der Waals surface area contributed by atoms with E-state index in [-0.39, 0.29) is 25.5 Å². The lowest BCUT2D eigenvalue weighted by atomic mass is 10.1. The molecule has 0 saturated carbocycles. The van der Waals surface area contributed by atoms with Crippen molar-refractivity contribution < 1.29 is 32.9 Å². The predicted molar refractivity (Wildman–Crippen MR) is 112 cm³/mol. The van der Waals surface area contributed by atoms with E-state index >= 15 is 0 Å². The summed E-state index contributed by atoms with van der Waals surface area (Å²) in [5.41, 5.74) is 0.831. The van der Waals surface area contributed by atoms with Crippen LogP contribution in [0, 0.1) is 5.92 Å². The Kier molecular flexibility index (Phi) is 10.7. The predicted octanol–water partition coefficient (Wildman–Crippen LogP) is 2.25. The minimum atomic E-state index is -3.52. The van der Waals surface area contributed by atoms with Gasteiger partial charge in [0.1, 0.15) is 18.8 Å². The molecule has 0 aliphatic heterocycles. The van der Waals surface area contributed by atoms with Crippen LogP contribution < -0.4 is 10.4 Å². The van der Waals surface area contributed by atoms with E-state index < -0.39 is 37.5 Å². The molecule has 0 aliphatic carbocycles. The molecule has 1 rings (SSSR count). The molecule has 1 amide bonds. The molecular weight excluding hydrogens is 411 g/mol. The molecule has 30 heavy (non-hydrogen) atoms. The number of esters is 2. The Balaban J connectivity index is 2.59. The number of methoxy groups -OCH3 is 1. The van der Waals surface area contributed by atoms with Crippen LogP contribution >= 0.6 is 7.52 Å². The van der Waals surface area contributed by atoms with Crippen molar-refractivity contribution in [2.24, 2.45) is 5.92 Å². The number of benzene rings is 1. The highest BCUT2D eigenvalue weighted by Gasteiger charge is 2.32. The molecule has 3 atom stereocenters. The monoisotopic (exact) mass is 442 g/mol. The highest BCUT2D eigenvalue weighted by Crippen LogP contribution is 2.41. The normalized spacial score (nSPS) is 15.0. The molecule has 0 bridgehead atoms. The van der Waals surface area contributed by atoms with Crippen LogP contribution in [0.3, 0.4) is 0 Å². The Labute approximate surface area is 177 Å². The highest BCUT2D eigenvalue weighted by atomic mass is 31.2. The first-order valence-corrected chi connectivity index (χ1v) is 11.7. The van der Waals surface area contributed by atoms with Gasteiger partial charge in [-0.2, -0.15) is 0 Å². The van der Waals surface area contributed by atoms with Crippen molar-refractivity contribution in [2.75, 3.05) is 20.3 Å². The second-order valence-electron chi connectivity index (χ2n) is 7.18. The molecular formula is C20H31N2O7P. The average Bonchev–Trinajstić information content (AvgIpc) is 2.70. The van der Waals surface area contributed by atoms with Crippen molar-refractivity contribution in [1.29, 1.82) is 0 Å². The number of rotatable bonds is 12. The summed E-state index contributed by atoms with van der Waals surface area (Å²) >= 11 is 0. The number of nitrogens with one attached hydrogen (secondary N) is 2. The summed E-state index contributed by atoms with van der Waals surface area (Å²) in [7, 11) is -2.26. The Morgan fingerprint density at radius 1 is 1.10 bits per heavy atom. The summed E-state index contributed by atoms with van der Waals surface area (Å²) in [5, 5.41) is 5.18. The summed E-state index contributed by atoms with van der Waals surface area (Å²) in [6.45, 7) is 6.45. The molecule has 9 nitrogen and oxygen atoms in total. The van der Waals surface area contributed by atoms with Gasteiger partial charge in [-0.15, -0.1) is 0 Å². The number of carbonyl (C=O) groups excluding carboxylic acids is 3. The fourth-order valence-electron chi connectivity index (χ4n) is 2.47. The Bertz CT molecular complexity index is 755. The molecule has 0 spiro atoms. The zero-order valence-electron chi connectivity index (χ0n) is 18.0. The lowest BCUT2D eigenvalue weighted by Gasteiger charge is -2.26. The van der Waals surface area contributed by atoms with Gasteiger partial charge in [-0.05, 0) is 18.4 Å². The second kappa shape index (κ2) is 12.5. The Hall–Kier alpha value is -2.22. The molecule has 1 aromatic rings. The standard InChI is InChI=1S/C20H31N2O7P/c1-14(2)18(19(24)21-12-11-17(23)27-4)29-30(5,26)22-15(3)20(25)28-13-16-9-7-6-8-10-16/h6-10,14-15,18H,11-13H2,1-5H3,(H,21,24)(H,22,26)/t15-,18+,30?/m0/s1. The zero-order chi connectivity index (χ0) is 22.7. The van der Waals surface area contributed by atoms with E-state index in [2.05, 4.69) is 15.1 Å². The lowest BCUT2D eigenvalue weighted by Crippen LogP contribution is -2.42. The average molecular weight is 442 g/mol. The molecule has 0 heterocycles. The Morgan fingerprint density at radius 3 is 2.30 bits per heavy atom. The van der Waals surface area contributed by atoms with E-state index in [4.69, 9.17) is 9.26 Å². The van der Waals surface area contributed by atoms with Gasteiger partial charge in [0.05, 0.1) is 13.5 Å². The third kappa shape index (κ3) is 9.52. The molecule has 0 fully saturated rings. The first-order chi connectivity index (χ1) is 14.1. The third-order valence-electron chi connectivity index (χ3n) is 4.04. The van der Waals surface area contributed by atoms with Crippen molar-refractivity contribution in [2.45, 2.75) is 45.9 Å². The van der Waals surface area contributed by atoms with E-state index in [1.807, 2.05) is 30.3 Å². The van der Waals surface area contributed by atoms with Gasteiger partial charge in [-0.3, -0.25) is 18.9 Å². The van der Waals surface area contributed by atoms with Crippen molar-refractivity contribution in [3.63, 3.8) is 0 Å². The van der Waals surface area contributed by atoms with Crippen molar-refractivity contribution in [3.8, 4) is 0 Å². The van der Waals surface area contributed by atoms with Gasteiger partial charge >= 0.3 is 11.9 Å². The number of ether oxygens (including phenoxy) is 2. The number of hydrogen-bond acceptors (Lipinski definition) is 7. The SMILES string of the molecule is COC(=O)CCNC(=O)[C@H](OP(C)(=O)N[C@@H](C)C(=O)OCc1ccccc1)C(C)C. The fraction of sp³-hybridized carbons (Fsp3) is 0.550. The van der Waals surface area contributed by atoms with E-state index in [0.717, 1.165) is 5.56 Å². The van der Waals surface area contributed by atoms with Gasteiger partial charge in [-0.25, -0.2) is 5.09 Å². The van der Waals surface area contributed by atoms with Crippen LogP contribution in [-0.4, -0.2) is 50.3 Å². The molecule has 10 heteroatoms. The van der Waals surface area contributed by atoms with Crippen LogP contribution in [0.5, 0.6) is 0 Å². The maximum Gasteiger partial charge on any atom is 0.323 e. The van der Waals surface area contributed by atoms with Crippen molar-refractivity contribution in [3.05, 3.63) is 35.9 Å². The maximum atomic E-state index is 12.9. The first-order valence-electron chi connectivity index (χ1n) is 9.64. The van der Waals surface area contributed by atoms with Gasteiger partial charge < -0.3 is 19.3 Å². The minimum Gasteiger partial charge on any atom is -0.469 e. The van der Waals surface area contributed by atoms with Crippen LogP contribution in [-0.2, 0) is 39.6 Å². The van der Waals surface area contributed by atoms with Gasteiger partial charge in [0, 0.05) is 13.2 Å². The van der Waals surface area contributed by atoms with Crippen LogP contribution in [0.2, 0.25) is 0 Å². The smallest absolute Gasteiger partial charge is 0.323 e. The van der Waals surface area contributed by atoms with Crippen LogP contribution in [0.4, 0.5) is 0 Å². The van der Waals surface area contributed by atoms with Gasteiger partial charge in [0.25, 0.3) is 7.52 Å². The quantitative estimate of drug-likeness (QED) is 0.374. The molecule has 168 valence electrons. The zero-order valence-corrected chi connectivity index (χ0v) is 18.9. The third-order valence-corrected chi connectivity index (χ3v) is 5.53. The maximum absolute atomic E-state index is 12.9. The molecule has 1 unspecified atom stereocenters. The van der Waals surface area contributed by atoms with Crippen LogP contribution in [0.15, 0.2) is 30.3 Å².